The summed E-state index contributed by atoms with van der Waals surface area (Å²) in [5.74, 6) is 1.70. The van der Waals surface area contributed by atoms with Crippen molar-refractivity contribution in [3.63, 3.8) is 0 Å². The molecule has 118 valence electrons. The van der Waals surface area contributed by atoms with Gasteiger partial charge in [-0.2, -0.15) is 4.98 Å². The standard InChI is InChI=1S/C19H20N2O2/c1-13(2)11-14-3-9-17(10-4-14)19-20-18(21-23-19)16-7-5-15(12-22)6-8-16/h3-10,13,22H,11-12H2,1-2H3. The van der Waals surface area contributed by atoms with Gasteiger partial charge in [0.1, 0.15) is 0 Å². The number of benzene rings is 2. The van der Waals surface area contributed by atoms with Gasteiger partial charge < -0.3 is 9.63 Å². The largest absolute Gasteiger partial charge is 0.392 e. The highest BCUT2D eigenvalue weighted by Gasteiger charge is 2.10. The normalized spacial score (nSPS) is 11.1. The topological polar surface area (TPSA) is 59.2 Å². The van der Waals surface area contributed by atoms with Gasteiger partial charge in [-0.05, 0) is 35.6 Å². The third kappa shape index (κ3) is 3.66. The summed E-state index contributed by atoms with van der Waals surface area (Å²) < 4.78 is 5.37. The summed E-state index contributed by atoms with van der Waals surface area (Å²) in [5.41, 5.74) is 3.96. The van der Waals surface area contributed by atoms with E-state index >= 15 is 0 Å². The smallest absolute Gasteiger partial charge is 0.258 e. The molecular formula is C19H20N2O2. The van der Waals surface area contributed by atoms with E-state index in [4.69, 9.17) is 9.63 Å². The number of aliphatic hydroxyl groups excluding tert-OH is 1. The van der Waals surface area contributed by atoms with Crippen molar-refractivity contribution in [3.05, 3.63) is 59.7 Å². The zero-order valence-electron chi connectivity index (χ0n) is 13.4. The second-order valence-corrected chi connectivity index (χ2v) is 6.07. The van der Waals surface area contributed by atoms with Crippen LogP contribution in [0.2, 0.25) is 0 Å². The first-order valence-electron chi connectivity index (χ1n) is 7.79. The van der Waals surface area contributed by atoms with Crippen molar-refractivity contribution >= 4 is 0 Å². The predicted molar refractivity (Wildman–Crippen MR) is 89.6 cm³/mol. The van der Waals surface area contributed by atoms with Gasteiger partial charge in [-0.15, -0.1) is 0 Å². The van der Waals surface area contributed by atoms with Gasteiger partial charge in [0.25, 0.3) is 5.89 Å². The van der Waals surface area contributed by atoms with Crippen LogP contribution < -0.4 is 0 Å². The number of aliphatic hydroxyl groups is 1. The van der Waals surface area contributed by atoms with E-state index in [1.807, 2.05) is 36.4 Å². The lowest BCUT2D eigenvalue weighted by atomic mass is 10.0. The van der Waals surface area contributed by atoms with Crippen LogP contribution in [0.5, 0.6) is 0 Å². The Hall–Kier alpha value is -2.46. The Morgan fingerprint density at radius 1 is 0.913 bits per heavy atom. The zero-order chi connectivity index (χ0) is 16.2. The lowest BCUT2D eigenvalue weighted by molar-refractivity contribution is 0.282. The Morgan fingerprint density at radius 3 is 2.13 bits per heavy atom. The Bertz CT molecular complexity index is 759. The van der Waals surface area contributed by atoms with Crippen LogP contribution in [0.25, 0.3) is 22.8 Å². The summed E-state index contributed by atoms with van der Waals surface area (Å²) in [6, 6.07) is 15.7. The van der Waals surface area contributed by atoms with Crippen LogP contribution in [0, 0.1) is 5.92 Å². The Kier molecular flexibility index (Phi) is 4.53. The molecule has 4 nitrogen and oxygen atoms in total. The maximum atomic E-state index is 9.08. The molecule has 2 aromatic carbocycles. The van der Waals surface area contributed by atoms with Crippen molar-refractivity contribution in [3.8, 4) is 22.8 Å². The Balaban J connectivity index is 1.80. The van der Waals surface area contributed by atoms with Crippen LogP contribution in [-0.4, -0.2) is 15.2 Å². The average molecular weight is 308 g/mol. The highest BCUT2D eigenvalue weighted by molar-refractivity contribution is 5.60. The van der Waals surface area contributed by atoms with E-state index in [0.717, 1.165) is 23.1 Å². The number of nitrogens with zero attached hydrogens (tertiary/aromatic N) is 2. The predicted octanol–water partition coefficient (Wildman–Crippen LogP) is 4.09. The Morgan fingerprint density at radius 2 is 1.52 bits per heavy atom. The molecule has 0 atom stereocenters. The van der Waals surface area contributed by atoms with Gasteiger partial charge in [0.05, 0.1) is 6.61 Å². The molecule has 23 heavy (non-hydrogen) atoms. The van der Waals surface area contributed by atoms with E-state index < -0.39 is 0 Å². The molecular weight excluding hydrogens is 288 g/mol. The van der Waals surface area contributed by atoms with E-state index in [1.165, 1.54) is 5.56 Å². The summed E-state index contributed by atoms with van der Waals surface area (Å²) in [6.07, 6.45) is 1.06. The van der Waals surface area contributed by atoms with Crippen LogP contribution in [0.3, 0.4) is 0 Å². The van der Waals surface area contributed by atoms with Crippen molar-refractivity contribution in [1.82, 2.24) is 10.1 Å². The van der Waals surface area contributed by atoms with Gasteiger partial charge in [-0.1, -0.05) is 55.4 Å². The highest BCUT2D eigenvalue weighted by Crippen LogP contribution is 2.23. The number of aromatic nitrogens is 2. The number of hydrogen-bond acceptors (Lipinski definition) is 4. The third-order valence-corrected chi connectivity index (χ3v) is 3.67. The quantitative estimate of drug-likeness (QED) is 0.771. The van der Waals surface area contributed by atoms with Gasteiger partial charge in [0.15, 0.2) is 0 Å². The molecule has 0 radical (unpaired) electrons. The van der Waals surface area contributed by atoms with E-state index in [-0.39, 0.29) is 6.61 Å². The lowest BCUT2D eigenvalue weighted by Crippen LogP contribution is -1.93. The summed E-state index contributed by atoms with van der Waals surface area (Å²) >= 11 is 0. The summed E-state index contributed by atoms with van der Waals surface area (Å²) in [4.78, 5) is 4.46. The van der Waals surface area contributed by atoms with E-state index in [0.29, 0.717) is 17.6 Å². The molecule has 1 aromatic heterocycles. The number of rotatable bonds is 5. The van der Waals surface area contributed by atoms with Crippen molar-refractivity contribution in [2.24, 2.45) is 5.92 Å². The fourth-order valence-electron chi connectivity index (χ4n) is 2.47. The average Bonchev–Trinajstić information content (AvgIpc) is 3.05. The van der Waals surface area contributed by atoms with Crippen molar-refractivity contribution in [1.29, 1.82) is 0 Å². The molecule has 0 aliphatic heterocycles. The summed E-state index contributed by atoms with van der Waals surface area (Å²) in [7, 11) is 0. The molecule has 1 heterocycles. The maximum absolute atomic E-state index is 9.08. The SMILES string of the molecule is CC(C)Cc1ccc(-c2nc(-c3ccc(CO)cc3)no2)cc1. The van der Waals surface area contributed by atoms with E-state index in [1.54, 1.807) is 0 Å². The van der Waals surface area contributed by atoms with Gasteiger partial charge >= 0.3 is 0 Å². The summed E-state index contributed by atoms with van der Waals surface area (Å²) in [5, 5.41) is 13.1. The molecule has 0 aliphatic rings. The first-order chi connectivity index (χ1) is 11.2. The second kappa shape index (κ2) is 6.75. The fraction of sp³-hybridized carbons (Fsp3) is 0.263. The van der Waals surface area contributed by atoms with Crippen molar-refractivity contribution < 1.29 is 9.63 Å². The number of hydrogen-bond donors (Lipinski definition) is 1. The molecule has 0 spiro atoms. The minimum Gasteiger partial charge on any atom is -0.392 e. The maximum Gasteiger partial charge on any atom is 0.258 e. The molecule has 0 amide bonds. The van der Waals surface area contributed by atoms with Gasteiger partial charge in [0.2, 0.25) is 5.82 Å². The molecule has 4 heteroatoms. The van der Waals surface area contributed by atoms with Gasteiger partial charge in [-0.3, -0.25) is 0 Å². The molecule has 3 rings (SSSR count). The molecule has 1 N–H and O–H groups in total. The monoisotopic (exact) mass is 308 g/mol. The molecule has 0 bridgehead atoms. The summed E-state index contributed by atoms with van der Waals surface area (Å²) in [6.45, 7) is 4.45. The van der Waals surface area contributed by atoms with E-state index in [2.05, 4.69) is 36.1 Å². The molecule has 3 aromatic rings. The van der Waals surface area contributed by atoms with Gasteiger partial charge in [0, 0.05) is 11.1 Å². The molecule has 0 unspecified atom stereocenters. The van der Waals surface area contributed by atoms with Crippen LogP contribution in [-0.2, 0) is 13.0 Å². The molecule has 0 aliphatic carbocycles. The minimum absolute atomic E-state index is 0.0283. The first-order valence-corrected chi connectivity index (χ1v) is 7.79. The molecule has 0 fully saturated rings. The fourth-order valence-corrected chi connectivity index (χ4v) is 2.47. The van der Waals surface area contributed by atoms with Crippen molar-refractivity contribution in [2.45, 2.75) is 26.9 Å². The zero-order valence-corrected chi connectivity index (χ0v) is 13.4. The first kappa shape index (κ1) is 15.4. The van der Waals surface area contributed by atoms with Crippen LogP contribution in [0.1, 0.15) is 25.0 Å². The lowest BCUT2D eigenvalue weighted by Gasteiger charge is -2.04. The van der Waals surface area contributed by atoms with E-state index in [9.17, 15) is 0 Å². The van der Waals surface area contributed by atoms with Crippen LogP contribution >= 0.6 is 0 Å². The Labute approximate surface area is 135 Å². The minimum atomic E-state index is 0.0283. The van der Waals surface area contributed by atoms with Crippen LogP contribution in [0.15, 0.2) is 53.1 Å². The van der Waals surface area contributed by atoms with Crippen molar-refractivity contribution in [2.75, 3.05) is 0 Å². The van der Waals surface area contributed by atoms with Crippen LogP contribution in [0.4, 0.5) is 0 Å². The van der Waals surface area contributed by atoms with Gasteiger partial charge in [-0.25, -0.2) is 0 Å². The molecule has 0 saturated heterocycles. The second-order valence-electron chi connectivity index (χ2n) is 6.07. The highest BCUT2D eigenvalue weighted by atomic mass is 16.5. The third-order valence-electron chi connectivity index (χ3n) is 3.67. The molecule has 0 saturated carbocycles.